The SMILES string of the molecule is CC=CCNC(=O)[C@H]1N(C(=O)[C@@H](O)[C@H](Cc2ccccc2)NC(=O)c2cccc(C)c2C)CSC1(C)C. The van der Waals surface area contributed by atoms with Gasteiger partial charge in [0.2, 0.25) is 5.91 Å². The molecule has 1 heterocycles. The van der Waals surface area contributed by atoms with Crippen LogP contribution in [0.4, 0.5) is 0 Å². The van der Waals surface area contributed by atoms with Crippen molar-refractivity contribution in [1.82, 2.24) is 15.5 Å². The van der Waals surface area contributed by atoms with E-state index in [1.165, 1.54) is 16.7 Å². The molecule has 0 spiro atoms. The first-order chi connectivity index (χ1) is 17.6. The zero-order chi connectivity index (χ0) is 27.2. The molecule has 1 aliphatic heterocycles. The van der Waals surface area contributed by atoms with Gasteiger partial charge in [-0.05, 0) is 63.8 Å². The van der Waals surface area contributed by atoms with Crippen LogP contribution in [-0.2, 0) is 16.0 Å². The maximum atomic E-state index is 13.7. The number of thioether (sulfide) groups is 1. The van der Waals surface area contributed by atoms with Gasteiger partial charge in [-0.3, -0.25) is 14.4 Å². The van der Waals surface area contributed by atoms with E-state index < -0.39 is 28.8 Å². The lowest BCUT2D eigenvalue weighted by Crippen LogP contribution is -2.58. The average Bonchev–Trinajstić information content (AvgIpc) is 3.19. The molecule has 3 atom stereocenters. The monoisotopic (exact) mass is 523 g/mol. The molecule has 2 aromatic rings. The molecule has 0 unspecified atom stereocenters. The molecule has 1 fully saturated rings. The molecule has 8 heteroatoms. The molecule has 1 aliphatic rings. The van der Waals surface area contributed by atoms with E-state index in [0.29, 0.717) is 12.1 Å². The van der Waals surface area contributed by atoms with Gasteiger partial charge < -0.3 is 20.6 Å². The van der Waals surface area contributed by atoms with E-state index in [1.807, 2.05) is 89.2 Å². The van der Waals surface area contributed by atoms with Gasteiger partial charge in [0.05, 0.1) is 11.9 Å². The Hall–Kier alpha value is -3.10. The minimum atomic E-state index is -1.53. The molecule has 0 bridgehead atoms. The Morgan fingerprint density at radius 3 is 2.51 bits per heavy atom. The van der Waals surface area contributed by atoms with Gasteiger partial charge in [-0.25, -0.2) is 0 Å². The molecule has 0 aliphatic carbocycles. The Kier molecular flexibility index (Phi) is 9.56. The van der Waals surface area contributed by atoms with Crippen molar-refractivity contribution < 1.29 is 19.5 Å². The second-order valence-corrected chi connectivity index (χ2v) is 11.5. The first kappa shape index (κ1) is 28.5. The third kappa shape index (κ3) is 6.81. The summed E-state index contributed by atoms with van der Waals surface area (Å²) in [5.41, 5.74) is 3.19. The summed E-state index contributed by atoms with van der Waals surface area (Å²) in [6.07, 6.45) is 2.39. The zero-order valence-corrected chi connectivity index (χ0v) is 23.0. The van der Waals surface area contributed by atoms with E-state index >= 15 is 0 Å². The van der Waals surface area contributed by atoms with E-state index in [9.17, 15) is 19.5 Å². The molecule has 3 N–H and O–H groups in total. The molecule has 3 rings (SSSR count). The quantitative estimate of drug-likeness (QED) is 0.438. The highest BCUT2D eigenvalue weighted by Gasteiger charge is 2.49. The van der Waals surface area contributed by atoms with Crippen molar-refractivity contribution in [2.45, 2.75) is 64.0 Å². The maximum absolute atomic E-state index is 13.7. The van der Waals surface area contributed by atoms with Crippen molar-refractivity contribution in [3.05, 3.63) is 82.9 Å². The summed E-state index contributed by atoms with van der Waals surface area (Å²) in [6, 6.07) is 13.2. The molecule has 1 saturated heterocycles. The number of hydrogen-bond donors (Lipinski definition) is 3. The van der Waals surface area contributed by atoms with Gasteiger partial charge in [0.1, 0.15) is 6.04 Å². The van der Waals surface area contributed by atoms with Crippen molar-refractivity contribution in [2.75, 3.05) is 12.4 Å². The molecule has 198 valence electrons. The van der Waals surface area contributed by atoms with Crippen LogP contribution in [0.5, 0.6) is 0 Å². The Morgan fingerprint density at radius 2 is 1.84 bits per heavy atom. The van der Waals surface area contributed by atoms with Crippen LogP contribution >= 0.6 is 11.8 Å². The third-order valence-electron chi connectivity index (χ3n) is 6.81. The number of nitrogens with zero attached hydrogens (tertiary/aromatic N) is 1. The number of hydrogen-bond acceptors (Lipinski definition) is 5. The summed E-state index contributed by atoms with van der Waals surface area (Å²) in [7, 11) is 0. The highest BCUT2D eigenvalue weighted by atomic mass is 32.2. The van der Waals surface area contributed by atoms with Crippen LogP contribution in [0.25, 0.3) is 0 Å². The van der Waals surface area contributed by atoms with Gasteiger partial charge in [0.25, 0.3) is 11.8 Å². The second kappa shape index (κ2) is 12.4. The number of carbonyl (C=O) groups is 3. The molecule has 0 saturated carbocycles. The summed E-state index contributed by atoms with van der Waals surface area (Å²) in [5, 5.41) is 17.1. The van der Waals surface area contributed by atoms with Crippen molar-refractivity contribution >= 4 is 29.5 Å². The molecule has 37 heavy (non-hydrogen) atoms. The third-order valence-corrected chi connectivity index (χ3v) is 8.18. The van der Waals surface area contributed by atoms with Crippen LogP contribution in [-0.4, -0.2) is 63.1 Å². The topological polar surface area (TPSA) is 98.7 Å². The Labute approximate surface area is 223 Å². The molecule has 0 aromatic heterocycles. The fraction of sp³-hybridized carbons (Fsp3) is 0.414. The molecule has 3 amide bonds. The van der Waals surface area contributed by atoms with Gasteiger partial charge in [0.15, 0.2) is 6.10 Å². The minimum Gasteiger partial charge on any atom is -0.381 e. The Morgan fingerprint density at radius 1 is 1.14 bits per heavy atom. The fourth-order valence-corrected chi connectivity index (χ4v) is 5.62. The normalized spacial score (nSPS) is 18.4. The summed E-state index contributed by atoms with van der Waals surface area (Å²) in [5.74, 6) is -0.932. The summed E-state index contributed by atoms with van der Waals surface area (Å²) in [4.78, 5) is 41.4. The second-order valence-electron chi connectivity index (χ2n) is 9.86. The lowest BCUT2D eigenvalue weighted by molar-refractivity contribution is -0.147. The highest BCUT2D eigenvalue weighted by Crippen LogP contribution is 2.39. The minimum absolute atomic E-state index is 0.257. The van der Waals surface area contributed by atoms with E-state index in [1.54, 1.807) is 6.07 Å². The largest absolute Gasteiger partial charge is 0.381 e. The standard InChI is InChI=1S/C29H37N3O4S/c1-6-7-16-30-27(35)25-29(4,5)37-18-32(25)28(36)24(33)23(17-21-13-9-8-10-14-21)31-26(34)22-15-11-12-19(2)20(22)3/h6-15,23-25,33H,16-18H2,1-5H3,(H,30,35)(H,31,34)/t23-,24-,25+/m0/s1. The highest BCUT2D eigenvalue weighted by molar-refractivity contribution is 8.00. The molecule has 7 nitrogen and oxygen atoms in total. The van der Waals surface area contributed by atoms with E-state index in [-0.39, 0.29) is 24.1 Å². The van der Waals surface area contributed by atoms with E-state index in [2.05, 4.69) is 10.6 Å². The van der Waals surface area contributed by atoms with Crippen molar-refractivity contribution in [1.29, 1.82) is 0 Å². The average molecular weight is 524 g/mol. The number of amides is 3. The summed E-state index contributed by atoms with van der Waals surface area (Å²) in [6.45, 7) is 9.87. The lowest BCUT2D eigenvalue weighted by Gasteiger charge is -2.33. The van der Waals surface area contributed by atoms with Crippen LogP contribution in [0.2, 0.25) is 0 Å². The number of aryl methyl sites for hydroxylation is 1. The van der Waals surface area contributed by atoms with Gasteiger partial charge in [-0.2, -0.15) is 0 Å². The smallest absolute Gasteiger partial charge is 0.254 e. The van der Waals surface area contributed by atoms with Crippen LogP contribution in [0.15, 0.2) is 60.7 Å². The zero-order valence-electron chi connectivity index (χ0n) is 22.2. The summed E-state index contributed by atoms with van der Waals surface area (Å²) < 4.78 is -0.535. The Bertz CT molecular complexity index is 1150. The first-order valence-corrected chi connectivity index (χ1v) is 13.5. The lowest BCUT2D eigenvalue weighted by atomic mass is 9.96. The number of aliphatic hydroxyl groups excluding tert-OH is 1. The summed E-state index contributed by atoms with van der Waals surface area (Å²) >= 11 is 1.49. The fourth-order valence-electron chi connectivity index (χ4n) is 4.48. The number of aliphatic hydroxyl groups is 1. The van der Waals surface area contributed by atoms with Crippen LogP contribution in [0.3, 0.4) is 0 Å². The number of allylic oxidation sites excluding steroid dienone is 1. The number of carbonyl (C=O) groups excluding carboxylic acids is 3. The molecule has 2 aromatic carbocycles. The molecule has 0 radical (unpaired) electrons. The van der Waals surface area contributed by atoms with Gasteiger partial charge >= 0.3 is 0 Å². The van der Waals surface area contributed by atoms with E-state index in [4.69, 9.17) is 0 Å². The number of nitrogens with one attached hydrogen (secondary N) is 2. The first-order valence-electron chi connectivity index (χ1n) is 12.5. The number of rotatable bonds is 9. The van der Waals surface area contributed by atoms with Gasteiger partial charge in [-0.15, -0.1) is 11.8 Å². The van der Waals surface area contributed by atoms with Crippen LogP contribution in [0, 0.1) is 13.8 Å². The predicted molar refractivity (Wildman–Crippen MR) is 148 cm³/mol. The maximum Gasteiger partial charge on any atom is 0.254 e. The van der Waals surface area contributed by atoms with Crippen LogP contribution in [0.1, 0.15) is 47.8 Å². The van der Waals surface area contributed by atoms with Gasteiger partial charge in [-0.1, -0.05) is 54.6 Å². The van der Waals surface area contributed by atoms with Crippen molar-refractivity contribution in [3.63, 3.8) is 0 Å². The molecular weight excluding hydrogens is 486 g/mol. The van der Waals surface area contributed by atoms with Crippen LogP contribution < -0.4 is 10.6 Å². The van der Waals surface area contributed by atoms with Gasteiger partial charge in [0, 0.05) is 16.9 Å². The van der Waals surface area contributed by atoms with Crippen molar-refractivity contribution in [2.24, 2.45) is 0 Å². The predicted octanol–water partition coefficient (Wildman–Crippen LogP) is 3.38. The van der Waals surface area contributed by atoms with Crippen molar-refractivity contribution in [3.8, 4) is 0 Å². The Balaban J connectivity index is 1.87. The molecular formula is C29H37N3O4S. The van der Waals surface area contributed by atoms with E-state index in [0.717, 1.165) is 16.7 Å². The number of benzene rings is 2.